The molecule has 1 aromatic rings. The highest BCUT2D eigenvalue weighted by molar-refractivity contribution is 5.97. The number of nitrogens with one attached hydrogen (secondary N) is 1. The topological polar surface area (TPSA) is 108 Å². The molecule has 3 fully saturated rings. The minimum atomic E-state index is -0.994. The number of aromatic nitrogens is 1. The van der Waals surface area contributed by atoms with Gasteiger partial charge in [-0.2, -0.15) is 0 Å². The Hall–Kier alpha value is -2.59. The Morgan fingerprint density at radius 1 is 1.31 bits per heavy atom. The van der Waals surface area contributed by atoms with Gasteiger partial charge >= 0.3 is 6.16 Å². The molecule has 0 aromatic carbocycles. The summed E-state index contributed by atoms with van der Waals surface area (Å²) < 4.78 is 22.7. The molecule has 1 N–H and O–H groups in total. The number of pyridine rings is 1. The lowest BCUT2D eigenvalue weighted by Crippen LogP contribution is -2.55. The van der Waals surface area contributed by atoms with Crippen LogP contribution in [0.3, 0.4) is 0 Å². The average Bonchev–Trinajstić information content (AvgIpc) is 3.32. The van der Waals surface area contributed by atoms with Crippen molar-refractivity contribution in [2.75, 3.05) is 38.4 Å². The fourth-order valence-corrected chi connectivity index (χ4v) is 4.22. The predicted molar refractivity (Wildman–Crippen MR) is 98.3 cm³/mol. The molecular formula is C19H23N3O7. The fraction of sp³-hybridized carbons (Fsp3) is 0.632. The molecular weight excluding hydrogens is 382 g/mol. The Morgan fingerprint density at radius 2 is 2.21 bits per heavy atom. The first-order chi connectivity index (χ1) is 14.1. The van der Waals surface area contributed by atoms with Crippen LogP contribution in [0.5, 0.6) is 5.75 Å². The molecule has 0 radical (unpaired) electrons. The van der Waals surface area contributed by atoms with E-state index in [1.165, 1.54) is 16.9 Å². The first-order valence-electron chi connectivity index (χ1n) is 9.99. The number of hydrogen-bond donors (Lipinski definition) is 1. The quantitative estimate of drug-likeness (QED) is 0.723. The smallest absolute Gasteiger partial charge is 0.434 e. The molecule has 156 valence electrons. The van der Waals surface area contributed by atoms with E-state index in [-0.39, 0.29) is 42.1 Å². The molecule has 1 amide bonds. The van der Waals surface area contributed by atoms with E-state index >= 15 is 0 Å². The van der Waals surface area contributed by atoms with Gasteiger partial charge in [-0.3, -0.25) is 14.3 Å². The molecule has 2 saturated heterocycles. The van der Waals surface area contributed by atoms with Crippen LogP contribution >= 0.6 is 0 Å². The Labute approximate surface area is 166 Å². The van der Waals surface area contributed by atoms with Gasteiger partial charge in [0.25, 0.3) is 5.91 Å². The van der Waals surface area contributed by atoms with Crippen LogP contribution in [0.1, 0.15) is 29.8 Å². The van der Waals surface area contributed by atoms with E-state index in [0.29, 0.717) is 32.1 Å². The maximum absolute atomic E-state index is 13.1. The summed E-state index contributed by atoms with van der Waals surface area (Å²) in [6.45, 7) is 2.39. The number of hydrogen-bond acceptors (Lipinski definition) is 8. The molecule has 0 spiro atoms. The van der Waals surface area contributed by atoms with Crippen LogP contribution in [0.4, 0.5) is 4.79 Å². The maximum Gasteiger partial charge on any atom is 0.514 e. The molecule has 1 aliphatic carbocycles. The summed E-state index contributed by atoms with van der Waals surface area (Å²) in [5.41, 5.74) is 2.68. The van der Waals surface area contributed by atoms with Crippen molar-refractivity contribution in [1.29, 1.82) is 0 Å². The minimum Gasteiger partial charge on any atom is -0.434 e. The van der Waals surface area contributed by atoms with Crippen LogP contribution in [-0.2, 0) is 14.2 Å². The van der Waals surface area contributed by atoms with Crippen LogP contribution in [0.25, 0.3) is 0 Å². The number of amides is 1. The summed E-state index contributed by atoms with van der Waals surface area (Å²) in [6.07, 6.45) is 2.92. The summed E-state index contributed by atoms with van der Waals surface area (Å²) >= 11 is 0. The summed E-state index contributed by atoms with van der Waals surface area (Å²) in [5.74, 6) is -0.122. The normalized spacial score (nSPS) is 29.8. The van der Waals surface area contributed by atoms with Crippen molar-refractivity contribution in [3.63, 3.8) is 0 Å². The van der Waals surface area contributed by atoms with E-state index in [9.17, 15) is 14.4 Å². The largest absolute Gasteiger partial charge is 0.514 e. The Kier molecular flexibility index (Phi) is 4.67. The number of rotatable bonds is 4. The highest BCUT2D eigenvalue weighted by Crippen LogP contribution is 2.42. The SMILES string of the molecule is O=C(OCCC1CCOC1)Oc1c2n(ccc1=O)NC1C3CC3OCCN1C2=O. The van der Waals surface area contributed by atoms with Gasteiger partial charge in [0.05, 0.1) is 19.3 Å². The van der Waals surface area contributed by atoms with Gasteiger partial charge in [-0.25, -0.2) is 4.79 Å². The van der Waals surface area contributed by atoms with Crippen LogP contribution in [-0.4, -0.2) is 66.9 Å². The van der Waals surface area contributed by atoms with Crippen molar-refractivity contribution in [1.82, 2.24) is 9.58 Å². The standard InChI is InChI=1S/C19H23N3O7/c23-13-1-4-22-15(16(13)29-19(25)28-7-3-11-2-6-26-10-11)18(24)21-5-8-27-14-9-12(14)17(21)20-22/h1,4,11-12,14,17,20H,2-3,5-10H2. The van der Waals surface area contributed by atoms with Crippen LogP contribution in [0.15, 0.2) is 17.1 Å². The lowest BCUT2D eigenvalue weighted by atomic mass is 10.1. The van der Waals surface area contributed by atoms with Crippen LogP contribution in [0.2, 0.25) is 0 Å². The summed E-state index contributed by atoms with van der Waals surface area (Å²) in [7, 11) is 0. The zero-order valence-corrected chi connectivity index (χ0v) is 15.9. The average molecular weight is 405 g/mol. The maximum atomic E-state index is 13.1. The molecule has 10 heteroatoms. The van der Waals surface area contributed by atoms with E-state index < -0.39 is 11.6 Å². The highest BCUT2D eigenvalue weighted by Gasteiger charge is 2.52. The van der Waals surface area contributed by atoms with Crippen molar-refractivity contribution in [2.45, 2.75) is 31.5 Å². The molecule has 4 unspecified atom stereocenters. The van der Waals surface area contributed by atoms with Gasteiger partial charge in [0.15, 0.2) is 5.69 Å². The third-order valence-corrected chi connectivity index (χ3v) is 5.93. The number of ether oxygens (including phenoxy) is 4. The number of fused-ring (bicyclic) bond motifs is 4. The lowest BCUT2D eigenvalue weighted by Gasteiger charge is -2.38. The number of carbonyl (C=O) groups excluding carboxylic acids is 2. The molecule has 1 aromatic heterocycles. The van der Waals surface area contributed by atoms with Gasteiger partial charge in [0.1, 0.15) is 6.17 Å². The molecule has 4 aliphatic rings. The van der Waals surface area contributed by atoms with Gasteiger partial charge in [-0.05, 0) is 25.2 Å². The number of nitrogens with zero attached hydrogens (tertiary/aromatic N) is 2. The minimum absolute atomic E-state index is 0.00556. The summed E-state index contributed by atoms with van der Waals surface area (Å²) in [5, 5.41) is 0. The molecule has 4 atom stereocenters. The van der Waals surface area contributed by atoms with E-state index in [1.54, 1.807) is 4.90 Å². The fourth-order valence-electron chi connectivity index (χ4n) is 4.22. The van der Waals surface area contributed by atoms with E-state index in [0.717, 1.165) is 19.4 Å². The molecule has 10 nitrogen and oxygen atoms in total. The van der Waals surface area contributed by atoms with Crippen LogP contribution < -0.4 is 15.6 Å². The number of carbonyl (C=O) groups is 2. The molecule has 4 heterocycles. The van der Waals surface area contributed by atoms with Gasteiger partial charge in [-0.15, -0.1) is 0 Å². The Bertz CT molecular complexity index is 879. The first-order valence-corrected chi connectivity index (χ1v) is 9.99. The van der Waals surface area contributed by atoms with Crippen molar-refractivity contribution >= 4 is 12.1 Å². The van der Waals surface area contributed by atoms with Gasteiger partial charge in [0, 0.05) is 37.9 Å². The van der Waals surface area contributed by atoms with E-state index in [4.69, 9.17) is 18.9 Å². The Morgan fingerprint density at radius 3 is 3.03 bits per heavy atom. The first kappa shape index (κ1) is 18.4. The monoisotopic (exact) mass is 405 g/mol. The van der Waals surface area contributed by atoms with Crippen LogP contribution in [0, 0.1) is 11.8 Å². The highest BCUT2D eigenvalue weighted by atomic mass is 16.7. The zero-order chi connectivity index (χ0) is 20.0. The van der Waals surface area contributed by atoms with Crippen molar-refractivity contribution < 1.29 is 28.5 Å². The Balaban J connectivity index is 1.32. The van der Waals surface area contributed by atoms with Crippen molar-refractivity contribution in [2.24, 2.45) is 11.8 Å². The third kappa shape index (κ3) is 3.46. The summed E-state index contributed by atoms with van der Waals surface area (Å²) in [6, 6.07) is 1.26. The second-order valence-corrected chi connectivity index (χ2v) is 7.83. The second kappa shape index (κ2) is 7.34. The predicted octanol–water partition coefficient (Wildman–Crippen LogP) is 0.534. The van der Waals surface area contributed by atoms with Crippen molar-refractivity contribution in [3.8, 4) is 5.75 Å². The third-order valence-electron chi connectivity index (χ3n) is 5.93. The lowest BCUT2D eigenvalue weighted by molar-refractivity contribution is 0.0583. The van der Waals surface area contributed by atoms with Crippen molar-refractivity contribution in [3.05, 3.63) is 28.2 Å². The van der Waals surface area contributed by atoms with Gasteiger partial charge < -0.3 is 29.3 Å². The van der Waals surface area contributed by atoms with Gasteiger partial charge in [-0.1, -0.05) is 0 Å². The van der Waals surface area contributed by atoms with E-state index in [2.05, 4.69) is 5.43 Å². The van der Waals surface area contributed by atoms with Gasteiger partial charge in [0.2, 0.25) is 11.2 Å². The second-order valence-electron chi connectivity index (χ2n) is 7.83. The zero-order valence-electron chi connectivity index (χ0n) is 15.9. The molecule has 5 rings (SSSR count). The molecule has 1 saturated carbocycles. The molecule has 29 heavy (non-hydrogen) atoms. The molecule has 3 aliphatic heterocycles. The molecule has 0 bridgehead atoms. The van der Waals surface area contributed by atoms with E-state index in [1.807, 2.05) is 0 Å². The summed E-state index contributed by atoms with van der Waals surface area (Å²) in [4.78, 5) is 39.3.